The molecule has 2 rings (SSSR count). The number of rotatable bonds is 11. The van der Waals surface area contributed by atoms with Gasteiger partial charge in [0, 0.05) is 25.0 Å². The van der Waals surface area contributed by atoms with Gasteiger partial charge in [-0.05, 0) is 38.3 Å². The van der Waals surface area contributed by atoms with Crippen LogP contribution in [0.3, 0.4) is 0 Å². The van der Waals surface area contributed by atoms with Gasteiger partial charge >= 0.3 is 0 Å². The number of carbonyl (C=O) groups is 3. The number of nitrogens with zero attached hydrogens (tertiary/aromatic N) is 2. The molecule has 1 saturated heterocycles. The van der Waals surface area contributed by atoms with Crippen molar-refractivity contribution in [2.75, 3.05) is 20.1 Å². The molecule has 1 fully saturated rings. The van der Waals surface area contributed by atoms with Crippen LogP contribution in [-0.2, 0) is 20.8 Å². The maximum atomic E-state index is 13.6. The number of likely N-dealkylation sites (tertiary alicyclic amines) is 1. The molecule has 0 spiro atoms. The summed E-state index contributed by atoms with van der Waals surface area (Å²) in [6, 6.07) is 8.24. The molecule has 1 heterocycles. The van der Waals surface area contributed by atoms with E-state index < -0.39 is 29.4 Å². The van der Waals surface area contributed by atoms with E-state index in [-0.39, 0.29) is 11.7 Å². The number of nitrogens with two attached hydrogens (primary N) is 3. The van der Waals surface area contributed by atoms with Gasteiger partial charge < -0.3 is 27.3 Å². The summed E-state index contributed by atoms with van der Waals surface area (Å²) in [5, 5.41) is 2.74. The highest BCUT2D eigenvalue weighted by molar-refractivity contribution is 6.13. The van der Waals surface area contributed by atoms with Gasteiger partial charge in [-0.25, -0.2) is 0 Å². The van der Waals surface area contributed by atoms with Crippen molar-refractivity contribution in [2.45, 2.75) is 50.2 Å². The molecule has 7 N–H and O–H groups in total. The molecular formula is C22H34N6O3. The first-order valence-corrected chi connectivity index (χ1v) is 10.6. The molecule has 1 aromatic rings. The SMILES string of the molecule is CC(Cc1ccccc1)C(=O)[C@@]1(C(=O)N[C@H](C=O)CCCN=C(N)N)C(N)CCN1C. The van der Waals surface area contributed by atoms with Gasteiger partial charge in [0.25, 0.3) is 0 Å². The second kappa shape index (κ2) is 11.0. The average molecular weight is 431 g/mol. The van der Waals surface area contributed by atoms with Gasteiger partial charge in [0.1, 0.15) is 6.29 Å². The summed E-state index contributed by atoms with van der Waals surface area (Å²) in [6.07, 6.45) is 2.55. The highest BCUT2D eigenvalue weighted by atomic mass is 16.2. The van der Waals surface area contributed by atoms with Gasteiger partial charge in [-0.15, -0.1) is 0 Å². The Hall–Kier alpha value is -2.78. The molecule has 0 bridgehead atoms. The van der Waals surface area contributed by atoms with Crippen molar-refractivity contribution in [3.63, 3.8) is 0 Å². The molecule has 1 aromatic carbocycles. The molecule has 0 aromatic heterocycles. The standard InChI is InChI=1S/C22H34N6O3/c1-15(13-16-7-4-3-5-8-16)19(30)22(18(23)10-12-28(22)2)20(31)27-17(14-29)9-6-11-26-21(24)25/h3-5,7-8,14-15,17-18H,6,9-13,23H2,1-2H3,(H,27,31)(H4,24,25,26)/t15?,17-,18?,22+/m0/s1. The topological polar surface area (TPSA) is 157 Å². The second-order valence-electron chi connectivity index (χ2n) is 8.20. The van der Waals surface area contributed by atoms with Crippen LogP contribution in [0.4, 0.5) is 0 Å². The minimum absolute atomic E-state index is 0.0257. The predicted molar refractivity (Wildman–Crippen MR) is 120 cm³/mol. The van der Waals surface area contributed by atoms with E-state index in [1.54, 1.807) is 11.9 Å². The van der Waals surface area contributed by atoms with Crippen LogP contribution in [-0.4, -0.2) is 66.6 Å². The fourth-order valence-corrected chi connectivity index (χ4v) is 4.23. The Morgan fingerprint density at radius 3 is 2.55 bits per heavy atom. The van der Waals surface area contributed by atoms with E-state index >= 15 is 0 Å². The summed E-state index contributed by atoms with van der Waals surface area (Å²) in [5.74, 6) is -1.20. The lowest BCUT2D eigenvalue weighted by Gasteiger charge is -2.38. The number of hydrogen-bond donors (Lipinski definition) is 4. The zero-order valence-electron chi connectivity index (χ0n) is 18.3. The Balaban J connectivity index is 2.18. The fraction of sp³-hybridized carbons (Fsp3) is 0.545. The number of guanidine groups is 1. The largest absolute Gasteiger partial charge is 0.370 e. The molecule has 9 heteroatoms. The first-order valence-electron chi connectivity index (χ1n) is 10.6. The number of ketones is 1. The van der Waals surface area contributed by atoms with Crippen LogP contribution >= 0.6 is 0 Å². The second-order valence-corrected chi connectivity index (χ2v) is 8.20. The summed E-state index contributed by atoms with van der Waals surface area (Å²) < 4.78 is 0. The molecular weight excluding hydrogens is 396 g/mol. The lowest BCUT2D eigenvalue weighted by Crippen LogP contribution is -2.69. The van der Waals surface area contributed by atoms with Crippen molar-refractivity contribution in [1.29, 1.82) is 0 Å². The van der Waals surface area contributed by atoms with Gasteiger partial charge in [-0.1, -0.05) is 37.3 Å². The zero-order valence-corrected chi connectivity index (χ0v) is 18.3. The zero-order chi connectivity index (χ0) is 23.0. The summed E-state index contributed by atoms with van der Waals surface area (Å²) in [4.78, 5) is 44.2. The van der Waals surface area contributed by atoms with Gasteiger partial charge in [0.15, 0.2) is 17.3 Å². The third-order valence-electron chi connectivity index (χ3n) is 5.92. The monoisotopic (exact) mass is 430 g/mol. The van der Waals surface area contributed by atoms with Crippen molar-refractivity contribution in [1.82, 2.24) is 10.2 Å². The Morgan fingerprint density at radius 2 is 2.00 bits per heavy atom. The Bertz CT molecular complexity index is 784. The van der Waals surface area contributed by atoms with Crippen LogP contribution in [0.25, 0.3) is 0 Å². The summed E-state index contributed by atoms with van der Waals surface area (Å²) in [5.41, 5.74) is 16.5. The number of carbonyl (C=O) groups excluding carboxylic acids is 3. The molecule has 0 radical (unpaired) electrons. The molecule has 9 nitrogen and oxygen atoms in total. The summed E-state index contributed by atoms with van der Waals surface area (Å²) in [7, 11) is 1.73. The minimum Gasteiger partial charge on any atom is -0.370 e. The van der Waals surface area contributed by atoms with E-state index in [2.05, 4.69) is 10.3 Å². The highest BCUT2D eigenvalue weighted by Gasteiger charge is 2.58. The lowest BCUT2D eigenvalue weighted by atomic mass is 9.78. The van der Waals surface area contributed by atoms with Crippen LogP contribution in [0.2, 0.25) is 0 Å². The quantitative estimate of drug-likeness (QED) is 0.122. The van der Waals surface area contributed by atoms with Crippen molar-refractivity contribution in [3.8, 4) is 0 Å². The average Bonchev–Trinajstić information content (AvgIpc) is 3.05. The van der Waals surface area contributed by atoms with Gasteiger partial charge in [0.2, 0.25) is 5.91 Å². The van der Waals surface area contributed by atoms with E-state index in [0.29, 0.717) is 45.1 Å². The van der Waals surface area contributed by atoms with Gasteiger partial charge in [-0.2, -0.15) is 0 Å². The number of likely N-dealkylation sites (N-methyl/N-ethyl adjacent to an activating group) is 1. The summed E-state index contributed by atoms with van der Waals surface area (Å²) in [6.45, 7) is 2.68. The minimum atomic E-state index is -1.50. The van der Waals surface area contributed by atoms with E-state index in [1.165, 1.54) is 0 Å². The number of Topliss-reactive ketones (excluding diaryl/α,β-unsaturated/α-hetero) is 1. The third-order valence-corrected chi connectivity index (χ3v) is 5.92. The van der Waals surface area contributed by atoms with Crippen LogP contribution in [0, 0.1) is 5.92 Å². The van der Waals surface area contributed by atoms with Crippen LogP contribution in [0.5, 0.6) is 0 Å². The molecule has 1 aliphatic rings. The van der Waals surface area contributed by atoms with Crippen molar-refractivity contribution in [3.05, 3.63) is 35.9 Å². The van der Waals surface area contributed by atoms with Gasteiger partial charge in [-0.3, -0.25) is 19.5 Å². The number of hydrogen-bond acceptors (Lipinski definition) is 6. The summed E-state index contributed by atoms with van der Waals surface area (Å²) >= 11 is 0. The Labute approximate surface area is 183 Å². The lowest BCUT2D eigenvalue weighted by molar-refractivity contribution is -0.146. The Kier molecular flexibility index (Phi) is 8.70. The number of nitrogens with one attached hydrogen (secondary N) is 1. The maximum absolute atomic E-state index is 13.6. The molecule has 1 aliphatic heterocycles. The molecule has 0 saturated carbocycles. The number of amides is 1. The molecule has 170 valence electrons. The molecule has 31 heavy (non-hydrogen) atoms. The van der Waals surface area contributed by atoms with Crippen LogP contribution in [0.15, 0.2) is 35.3 Å². The van der Waals surface area contributed by atoms with Crippen LogP contribution < -0.4 is 22.5 Å². The van der Waals surface area contributed by atoms with Crippen molar-refractivity contribution < 1.29 is 14.4 Å². The van der Waals surface area contributed by atoms with Crippen LogP contribution in [0.1, 0.15) is 31.7 Å². The maximum Gasteiger partial charge on any atom is 0.250 e. The predicted octanol–water partition coefficient (Wildman–Crippen LogP) is -0.427. The Morgan fingerprint density at radius 1 is 1.32 bits per heavy atom. The van der Waals surface area contributed by atoms with E-state index in [1.807, 2.05) is 37.3 Å². The van der Waals surface area contributed by atoms with Crippen molar-refractivity contribution in [2.24, 2.45) is 28.1 Å². The fourth-order valence-electron chi connectivity index (χ4n) is 4.23. The van der Waals surface area contributed by atoms with E-state index in [9.17, 15) is 14.4 Å². The molecule has 2 unspecified atom stereocenters. The smallest absolute Gasteiger partial charge is 0.250 e. The third kappa shape index (κ3) is 5.68. The number of aldehydes is 1. The number of aliphatic imine (C=N–C) groups is 1. The highest BCUT2D eigenvalue weighted by Crippen LogP contribution is 2.32. The first-order chi connectivity index (χ1) is 14.7. The van der Waals surface area contributed by atoms with Crippen molar-refractivity contribution >= 4 is 23.9 Å². The van der Waals surface area contributed by atoms with E-state index in [4.69, 9.17) is 17.2 Å². The molecule has 0 aliphatic carbocycles. The normalized spacial score (nSPS) is 23.0. The van der Waals surface area contributed by atoms with Gasteiger partial charge in [0.05, 0.1) is 6.04 Å². The molecule has 4 atom stereocenters. The first kappa shape index (κ1) is 24.5. The van der Waals surface area contributed by atoms with E-state index in [0.717, 1.165) is 5.56 Å². The molecule has 1 amide bonds. The number of benzene rings is 1.